The minimum absolute atomic E-state index is 0.241. The predicted octanol–water partition coefficient (Wildman–Crippen LogP) is 2.04. The molecule has 0 aliphatic carbocycles. The zero-order valence-electron chi connectivity index (χ0n) is 10.8. The number of methoxy groups -OCH3 is 1. The fourth-order valence-corrected chi connectivity index (χ4v) is 2.39. The van der Waals surface area contributed by atoms with E-state index in [2.05, 4.69) is 24.8 Å². The van der Waals surface area contributed by atoms with E-state index in [0.717, 1.165) is 11.3 Å². The minimum Gasteiger partial charge on any atom is -0.468 e. The Morgan fingerprint density at radius 2 is 2.28 bits per heavy atom. The molecule has 2 rings (SSSR count). The van der Waals surface area contributed by atoms with E-state index in [9.17, 15) is 4.79 Å². The van der Waals surface area contributed by atoms with Gasteiger partial charge in [0.25, 0.3) is 0 Å². The fourth-order valence-electron chi connectivity index (χ4n) is 2.39. The van der Waals surface area contributed by atoms with E-state index >= 15 is 0 Å². The van der Waals surface area contributed by atoms with Crippen LogP contribution in [0.2, 0.25) is 0 Å². The number of hydrogen-bond acceptors (Lipinski definition) is 4. The second-order valence-electron chi connectivity index (χ2n) is 4.71. The standard InChI is InChI=1S/C14H16N2O2/c1-9(2)16-8-12(14(17)18-3)11-6-10(7-15)4-5-13(11)16/h4-6,9,12H,8H2,1-3H3. The number of carbonyl (C=O) groups excluding carboxylic acids is 1. The number of esters is 1. The van der Waals surface area contributed by atoms with E-state index in [-0.39, 0.29) is 11.9 Å². The van der Waals surface area contributed by atoms with Crippen LogP contribution in [0, 0.1) is 11.3 Å². The summed E-state index contributed by atoms with van der Waals surface area (Å²) in [5.41, 5.74) is 2.50. The number of anilines is 1. The van der Waals surface area contributed by atoms with Gasteiger partial charge in [-0.3, -0.25) is 4.79 Å². The Kier molecular flexibility index (Phi) is 3.24. The molecular weight excluding hydrogens is 228 g/mol. The van der Waals surface area contributed by atoms with Crippen LogP contribution in [0.1, 0.15) is 30.9 Å². The number of fused-ring (bicyclic) bond motifs is 1. The van der Waals surface area contributed by atoms with Crippen molar-refractivity contribution in [2.75, 3.05) is 18.6 Å². The largest absolute Gasteiger partial charge is 0.468 e. The Bertz CT molecular complexity index is 517. The van der Waals surface area contributed by atoms with Crippen LogP contribution < -0.4 is 4.90 Å². The molecule has 1 atom stereocenters. The first-order valence-electron chi connectivity index (χ1n) is 5.97. The summed E-state index contributed by atoms with van der Waals surface area (Å²) in [6.07, 6.45) is 0. The van der Waals surface area contributed by atoms with Crippen molar-refractivity contribution in [2.24, 2.45) is 0 Å². The van der Waals surface area contributed by atoms with Crippen molar-refractivity contribution in [3.63, 3.8) is 0 Å². The number of rotatable bonds is 2. The summed E-state index contributed by atoms with van der Waals surface area (Å²) in [6.45, 7) is 4.79. The summed E-state index contributed by atoms with van der Waals surface area (Å²) in [5, 5.41) is 8.95. The molecule has 1 aromatic rings. The smallest absolute Gasteiger partial charge is 0.315 e. The summed E-state index contributed by atoms with van der Waals surface area (Å²) in [7, 11) is 1.40. The van der Waals surface area contributed by atoms with Crippen molar-refractivity contribution in [1.82, 2.24) is 0 Å². The Morgan fingerprint density at radius 1 is 1.56 bits per heavy atom. The normalized spacial score (nSPS) is 17.5. The Morgan fingerprint density at radius 3 is 2.83 bits per heavy atom. The summed E-state index contributed by atoms with van der Waals surface area (Å²) < 4.78 is 4.84. The van der Waals surface area contributed by atoms with Gasteiger partial charge in [-0.2, -0.15) is 5.26 Å². The summed E-state index contributed by atoms with van der Waals surface area (Å²) in [5.74, 6) is -0.532. The average Bonchev–Trinajstić information content (AvgIpc) is 2.76. The highest BCUT2D eigenvalue weighted by Crippen LogP contribution is 2.38. The third kappa shape index (κ3) is 1.92. The van der Waals surface area contributed by atoms with Crippen molar-refractivity contribution in [1.29, 1.82) is 5.26 Å². The van der Waals surface area contributed by atoms with Crippen LogP contribution in [0.15, 0.2) is 18.2 Å². The monoisotopic (exact) mass is 244 g/mol. The van der Waals surface area contributed by atoms with Gasteiger partial charge in [-0.15, -0.1) is 0 Å². The molecule has 94 valence electrons. The van der Waals surface area contributed by atoms with Gasteiger partial charge in [0.1, 0.15) is 5.92 Å². The van der Waals surface area contributed by atoms with Crippen LogP contribution in [0.4, 0.5) is 5.69 Å². The molecule has 0 N–H and O–H groups in total. The van der Waals surface area contributed by atoms with Gasteiger partial charge in [0.2, 0.25) is 0 Å². The molecule has 18 heavy (non-hydrogen) atoms. The van der Waals surface area contributed by atoms with Gasteiger partial charge >= 0.3 is 5.97 Å². The number of carbonyl (C=O) groups is 1. The van der Waals surface area contributed by atoms with Gasteiger partial charge in [-0.25, -0.2) is 0 Å². The summed E-state index contributed by atoms with van der Waals surface area (Å²) >= 11 is 0. The number of nitrogens with zero attached hydrogens (tertiary/aromatic N) is 2. The Labute approximate surface area is 107 Å². The zero-order chi connectivity index (χ0) is 13.3. The van der Waals surface area contributed by atoms with E-state index in [4.69, 9.17) is 10.00 Å². The molecule has 0 fully saturated rings. The lowest BCUT2D eigenvalue weighted by molar-refractivity contribution is -0.142. The van der Waals surface area contributed by atoms with E-state index < -0.39 is 0 Å². The van der Waals surface area contributed by atoms with Crippen LogP contribution in [0.3, 0.4) is 0 Å². The molecule has 0 aromatic heterocycles. The molecule has 4 nitrogen and oxygen atoms in total. The maximum absolute atomic E-state index is 11.8. The molecule has 0 saturated carbocycles. The first-order valence-corrected chi connectivity index (χ1v) is 5.97. The van der Waals surface area contributed by atoms with E-state index in [1.54, 1.807) is 12.1 Å². The van der Waals surface area contributed by atoms with Crippen molar-refractivity contribution >= 4 is 11.7 Å². The lowest BCUT2D eigenvalue weighted by Gasteiger charge is -2.24. The molecule has 1 heterocycles. The van der Waals surface area contributed by atoms with Crippen molar-refractivity contribution in [2.45, 2.75) is 25.8 Å². The van der Waals surface area contributed by atoms with E-state index in [1.165, 1.54) is 7.11 Å². The molecule has 4 heteroatoms. The van der Waals surface area contributed by atoms with Gasteiger partial charge in [0.05, 0.1) is 18.7 Å². The highest BCUT2D eigenvalue weighted by atomic mass is 16.5. The fraction of sp³-hybridized carbons (Fsp3) is 0.429. The second-order valence-corrected chi connectivity index (χ2v) is 4.71. The van der Waals surface area contributed by atoms with Crippen LogP contribution in [0.5, 0.6) is 0 Å². The van der Waals surface area contributed by atoms with Crippen molar-refractivity contribution < 1.29 is 9.53 Å². The third-order valence-electron chi connectivity index (χ3n) is 3.33. The van der Waals surface area contributed by atoms with Gasteiger partial charge in [-0.05, 0) is 37.6 Å². The molecular formula is C14H16N2O2. The van der Waals surface area contributed by atoms with Gasteiger partial charge in [0, 0.05) is 18.3 Å². The van der Waals surface area contributed by atoms with Crippen LogP contribution >= 0.6 is 0 Å². The maximum Gasteiger partial charge on any atom is 0.315 e. The first-order chi connectivity index (χ1) is 8.58. The zero-order valence-corrected chi connectivity index (χ0v) is 10.8. The minimum atomic E-state index is -0.291. The SMILES string of the molecule is COC(=O)C1CN(C(C)C)c2ccc(C#N)cc21. The first kappa shape index (κ1) is 12.4. The Balaban J connectivity index is 2.48. The van der Waals surface area contributed by atoms with E-state index in [1.807, 2.05) is 6.07 Å². The summed E-state index contributed by atoms with van der Waals surface area (Å²) in [6, 6.07) is 7.91. The van der Waals surface area contributed by atoms with Gasteiger partial charge in [0.15, 0.2) is 0 Å². The number of nitriles is 1. The maximum atomic E-state index is 11.8. The van der Waals surface area contributed by atoms with Gasteiger partial charge < -0.3 is 9.64 Å². The van der Waals surface area contributed by atoms with Crippen LogP contribution in [-0.2, 0) is 9.53 Å². The molecule has 0 bridgehead atoms. The molecule has 0 spiro atoms. The lowest BCUT2D eigenvalue weighted by atomic mass is 10.00. The van der Waals surface area contributed by atoms with Gasteiger partial charge in [-0.1, -0.05) is 0 Å². The van der Waals surface area contributed by atoms with E-state index in [0.29, 0.717) is 18.2 Å². The molecule has 1 aliphatic rings. The molecule has 1 unspecified atom stereocenters. The van der Waals surface area contributed by atoms with Crippen LogP contribution in [-0.4, -0.2) is 25.7 Å². The summed E-state index contributed by atoms with van der Waals surface area (Å²) in [4.78, 5) is 14.0. The second kappa shape index (κ2) is 4.69. The quantitative estimate of drug-likeness (QED) is 0.747. The predicted molar refractivity (Wildman–Crippen MR) is 68.4 cm³/mol. The number of hydrogen-bond donors (Lipinski definition) is 0. The molecule has 1 aromatic carbocycles. The van der Waals surface area contributed by atoms with Crippen LogP contribution in [0.25, 0.3) is 0 Å². The number of benzene rings is 1. The van der Waals surface area contributed by atoms with Crippen molar-refractivity contribution in [3.05, 3.63) is 29.3 Å². The third-order valence-corrected chi connectivity index (χ3v) is 3.33. The average molecular weight is 244 g/mol. The van der Waals surface area contributed by atoms with Crippen molar-refractivity contribution in [3.8, 4) is 6.07 Å². The molecule has 0 radical (unpaired) electrons. The lowest BCUT2D eigenvalue weighted by Crippen LogP contribution is -2.31. The highest BCUT2D eigenvalue weighted by molar-refractivity contribution is 5.84. The Hall–Kier alpha value is -2.02. The molecule has 0 amide bonds. The highest BCUT2D eigenvalue weighted by Gasteiger charge is 2.35. The molecule has 0 saturated heterocycles. The number of ether oxygens (including phenoxy) is 1. The topological polar surface area (TPSA) is 53.3 Å². The molecule has 1 aliphatic heterocycles.